The van der Waals surface area contributed by atoms with Gasteiger partial charge in [0.25, 0.3) is 0 Å². The van der Waals surface area contributed by atoms with Crippen LogP contribution in [0.25, 0.3) is 0 Å². The SMILES string of the molecule is CN=C(NCC(C)C(=O)OC)N1CC(=O)N(C(C)C)C(C)(C)C1. The molecule has 7 heteroatoms. The summed E-state index contributed by atoms with van der Waals surface area (Å²) in [5.41, 5.74) is -0.283. The van der Waals surface area contributed by atoms with E-state index in [4.69, 9.17) is 4.74 Å². The molecule has 1 rings (SSSR count). The van der Waals surface area contributed by atoms with Crippen LogP contribution in [0.1, 0.15) is 34.6 Å². The van der Waals surface area contributed by atoms with Gasteiger partial charge in [-0.15, -0.1) is 0 Å². The number of carbonyl (C=O) groups is 2. The molecule has 0 aliphatic carbocycles. The maximum absolute atomic E-state index is 12.5. The fourth-order valence-electron chi connectivity index (χ4n) is 3.17. The largest absolute Gasteiger partial charge is 0.469 e. The lowest BCUT2D eigenvalue weighted by Crippen LogP contribution is -2.66. The van der Waals surface area contributed by atoms with E-state index in [1.54, 1.807) is 14.0 Å². The van der Waals surface area contributed by atoms with Gasteiger partial charge in [0.15, 0.2) is 5.96 Å². The van der Waals surface area contributed by atoms with E-state index in [2.05, 4.69) is 24.2 Å². The number of esters is 1. The molecule has 23 heavy (non-hydrogen) atoms. The van der Waals surface area contributed by atoms with Crippen LogP contribution in [0.2, 0.25) is 0 Å². The van der Waals surface area contributed by atoms with Crippen LogP contribution in [-0.4, -0.2) is 73.0 Å². The van der Waals surface area contributed by atoms with E-state index < -0.39 is 0 Å². The van der Waals surface area contributed by atoms with Gasteiger partial charge in [0, 0.05) is 26.2 Å². The summed E-state index contributed by atoms with van der Waals surface area (Å²) in [5, 5.41) is 3.16. The highest BCUT2D eigenvalue weighted by atomic mass is 16.5. The fourth-order valence-corrected chi connectivity index (χ4v) is 3.17. The van der Waals surface area contributed by atoms with Crippen molar-refractivity contribution in [2.45, 2.75) is 46.2 Å². The Labute approximate surface area is 139 Å². The summed E-state index contributed by atoms with van der Waals surface area (Å²) in [4.78, 5) is 32.1. The minimum Gasteiger partial charge on any atom is -0.469 e. The molecule has 1 amide bonds. The lowest BCUT2D eigenvalue weighted by Gasteiger charge is -2.49. The topological polar surface area (TPSA) is 74.2 Å². The first-order chi connectivity index (χ1) is 10.6. The van der Waals surface area contributed by atoms with Gasteiger partial charge >= 0.3 is 5.97 Å². The van der Waals surface area contributed by atoms with E-state index in [9.17, 15) is 9.59 Å². The summed E-state index contributed by atoms with van der Waals surface area (Å²) in [6.07, 6.45) is 0. The van der Waals surface area contributed by atoms with Crippen LogP contribution in [0, 0.1) is 5.92 Å². The van der Waals surface area contributed by atoms with Crippen molar-refractivity contribution >= 4 is 17.8 Å². The second-order valence-corrected chi connectivity index (χ2v) is 6.88. The molecule has 0 aromatic heterocycles. The summed E-state index contributed by atoms with van der Waals surface area (Å²) in [7, 11) is 3.05. The number of methoxy groups -OCH3 is 1. The molecular weight excluding hydrogens is 296 g/mol. The molecule has 1 N–H and O–H groups in total. The van der Waals surface area contributed by atoms with E-state index in [0.717, 1.165) is 0 Å². The van der Waals surface area contributed by atoms with Crippen LogP contribution in [0.15, 0.2) is 4.99 Å². The Balaban J connectivity index is 2.78. The highest BCUT2D eigenvalue weighted by molar-refractivity contribution is 5.88. The molecule has 0 aromatic carbocycles. The monoisotopic (exact) mass is 326 g/mol. The number of ether oxygens (including phenoxy) is 1. The second kappa shape index (κ2) is 7.66. The molecule has 0 saturated carbocycles. The molecule has 132 valence electrons. The third-order valence-electron chi connectivity index (χ3n) is 4.02. The third kappa shape index (κ3) is 4.59. The molecule has 1 fully saturated rings. The van der Waals surface area contributed by atoms with E-state index in [-0.39, 0.29) is 35.9 Å². The van der Waals surface area contributed by atoms with Crippen LogP contribution in [0.3, 0.4) is 0 Å². The number of amides is 1. The average Bonchev–Trinajstić information content (AvgIpc) is 2.44. The number of carbonyl (C=O) groups excluding carboxylic acids is 2. The van der Waals surface area contributed by atoms with Crippen LogP contribution in [0.4, 0.5) is 0 Å². The number of hydrogen-bond acceptors (Lipinski definition) is 4. The zero-order valence-electron chi connectivity index (χ0n) is 15.3. The molecule has 1 aliphatic rings. The quantitative estimate of drug-likeness (QED) is 0.468. The number of piperazine rings is 1. The molecule has 0 bridgehead atoms. The molecular formula is C16H30N4O3. The van der Waals surface area contributed by atoms with Gasteiger partial charge in [-0.25, -0.2) is 0 Å². The first kappa shape index (κ1) is 19.3. The van der Waals surface area contributed by atoms with E-state index in [1.165, 1.54) is 7.11 Å². The molecule has 0 radical (unpaired) electrons. The molecule has 0 aromatic rings. The molecule has 1 saturated heterocycles. The summed E-state index contributed by atoms with van der Waals surface area (Å²) >= 11 is 0. The number of rotatable bonds is 4. The van der Waals surface area contributed by atoms with Crippen molar-refractivity contribution in [2.24, 2.45) is 10.9 Å². The van der Waals surface area contributed by atoms with Crippen LogP contribution >= 0.6 is 0 Å². The average molecular weight is 326 g/mol. The van der Waals surface area contributed by atoms with Gasteiger partial charge in [0.05, 0.1) is 25.1 Å². The maximum Gasteiger partial charge on any atom is 0.310 e. The van der Waals surface area contributed by atoms with Gasteiger partial charge in [-0.3, -0.25) is 14.6 Å². The van der Waals surface area contributed by atoms with Gasteiger partial charge in [-0.05, 0) is 27.7 Å². The first-order valence-electron chi connectivity index (χ1n) is 7.99. The van der Waals surface area contributed by atoms with Gasteiger partial charge in [-0.1, -0.05) is 6.92 Å². The first-order valence-corrected chi connectivity index (χ1v) is 7.99. The van der Waals surface area contributed by atoms with Crippen molar-refractivity contribution in [2.75, 3.05) is 33.8 Å². The molecule has 1 atom stereocenters. The van der Waals surface area contributed by atoms with Crippen molar-refractivity contribution in [3.8, 4) is 0 Å². The Hall–Kier alpha value is -1.79. The summed E-state index contributed by atoms with van der Waals surface area (Å²) < 4.78 is 4.72. The molecule has 1 heterocycles. The zero-order valence-corrected chi connectivity index (χ0v) is 15.3. The zero-order chi connectivity index (χ0) is 17.8. The van der Waals surface area contributed by atoms with Crippen molar-refractivity contribution in [1.82, 2.24) is 15.1 Å². The molecule has 1 aliphatic heterocycles. The molecule has 1 unspecified atom stereocenters. The number of guanidine groups is 1. The highest BCUT2D eigenvalue weighted by Gasteiger charge is 2.40. The van der Waals surface area contributed by atoms with Gasteiger partial charge < -0.3 is 19.9 Å². The van der Waals surface area contributed by atoms with Gasteiger partial charge in [0.2, 0.25) is 5.91 Å². The van der Waals surface area contributed by atoms with E-state index >= 15 is 0 Å². The normalized spacial score (nSPS) is 19.8. The summed E-state index contributed by atoms with van der Waals surface area (Å²) in [6.45, 7) is 11.3. The summed E-state index contributed by atoms with van der Waals surface area (Å²) in [5.74, 6) is 0.164. The van der Waals surface area contributed by atoms with Crippen molar-refractivity contribution in [3.63, 3.8) is 0 Å². The Morgan fingerprint density at radius 1 is 1.39 bits per heavy atom. The van der Waals surface area contributed by atoms with Crippen molar-refractivity contribution in [1.29, 1.82) is 0 Å². The Bertz CT molecular complexity index is 474. The third-order valence-corrected chi connectivity index (χ3v) is 4.02. The molecule has 7 nitrogen and oxygen atoms in total. The minimum absolute atomic E-state index is 0.0835. The minimum atomic E-state index is -0.283. The predicted molar refractivity (Wildman–Crippen MR) is 90.2 cm³/mol. The fraction of sp³-hybridized carbons (Fsp3) is 0.812. The summed E-state index contributed by atoms with van der Waals surface area (Å²) in [6, 6.07) is 0.161. The van der Waals surface area contributed by atoms with E-state index in [1.807, 2.05) is 23.6 Å². The van der Waals surface area contributed by atoms with Gasteiger partial charge in [0.1, 0.15) is 0 Å². The second-order valence-electron chi connectivity index (χ2n) is 6.88. The van der Waals surface area contributed by atoms with Crippen LogP contribution in [0.5, 0.6) is 0 Å². The standard InChI is InChI=1S/C16H30N4O3/c1-11(2)20-13(21)9-19(10-16(20,4)5)15(17-6)18-8-12(3)14(22)23-7/h11-12H,8-10H2,1-7H3,(H,17,18). The van der Waals surface area contributed by atoms with Gasteiger partial charge in [-0.2, -0.15) is 0 Å². The smallest absolute Gasteiger partial charge is 0.310 e. The lowest BCUT2D eigenvalue weighted by atomic mass is 9.96. The number of nitrogens with one attached hydrogen (secondary N) is 1. The van der Waals surface area contributed by atoms with Crippen molar-refractivity contribution < 1.29 is 14.3 Å². The Kier molecular flexibility index (Phi) is 6.41. The predicted octanol–water partition coefficient (Wildman–Crippen LogP) is 0.702. The number of hydrogen-bond donors (Lipinski definition) is 1. The van der Waals surface area contributed by atoms with E-state index in [0.29, 0.717) is 19.0 Å². The Morgan fingerprint density at radius 3 is 2.43 bits per heavy atom. The van der Waals surface area contributed by atoms with Crippen LogP contribution in [-0.2, 0) is 14.3 Å². The number of aliphatic imine (C=N–C) groups is 1. The highest BCUT2D eigenvalue weighted by Crippen LogP contribution is 2.24. The molecule has 0 spiro atoms. The Morgan fingerprint density at radius 2 is 2.00 bits per heavy atom. The maximum atomic E-state index is 12.5. The number of nitrogens with zero attached hydrogens (tertiary/aromatic N) is 3. The van der Waals surface area contributed by atoms with Crippen molar-refractivity contribution in [3.05, 3.63) is 0 Å². The van der Waals surface area contributed by atoms with Crippen LogP contribution < -0.4 is 5.32 Å². The lowest BCUT2D eigenvalue weighted by molar-refractivity contribution is -0.146.